The predicted octanol–water partition coefficient (Wildman–Crippen LogP) is 2.31. The Morgan fingerprint density at radius 3 is 3.22 bits per heavy atom. The monoisotopic (exact) mass is 141 g/mol. The summed E-state index contributed by atoms with van der Waals surface area (Å²) in [5.41, 5.74) is 0. The van der Waals surface area contributed by atoms with Crippen LogP contribution in [0.2, 0.25) is 0 Å². The fourth-order valence-corrected chi connectivity index (χ4v) is 1.18. The van der Waals surface area contributed by atoms with Gasteiger partial charge in [0.05, 0.1) is 6.61 Å². The minimum Gasteiger partial charge on any atom is -0.493 e. The van der Waals surface area contributed by atoms with E-state index in [2.05, 4.69) is 18.5 Å². The van der Waals surface area contributed by atoms with Crippen molar-refractivity contribution in [3.63, 3.8) is 0 Å². The summed E-state index contributed by atoms with van der Waals surface area (Å²) in [6, 6.07) is 1.98. The van der Waals surface area contributed by atoms with Gasteiger partial charge in [-0.05, 0) is 18.3 Å². The van der Waals surface area contributed by atoms with Crippen molar-refractivity contribution in [1.82, 2.24) is 0 Å². The highest BCUT2D eigenvalue weighted by molar-refractivity contribution is 7.28. The molecule has 0 amide bonds. The summed E-state index contributed by atoms with van der Waals surface area (Å²) in [7, 11) is 0.708. The van der Waals surface area contributed by atoms with Crippen LogP contribution in [0.3, 0.4) is 0 Å². The molecule has 0 saturated carbocycles. The average Bonchev–Trinajstić information content (AvgIpc) is 2.34. The van der Waals surface area contributed by atoms with Crippen molar-refractivity contribution in [3.05, 3.63) is 17.7 Å². The van der Waals surface area contributed by atoms with E-state index in [0.29, 0.717) is 8.19 Å². The molecule has 1 nitrogen and oxygen atoms in total. The Labute approximate surface area is 57.1 Å². The molecular weight excluding hydrogens is 131 g/mol. The van der Waals surface area contributed by atoms with E-state index in [1.807, 2.05) is 6.07 Å². The highest BCUT2D eigenvalue weighted by Gasteiger charge is 1.88. The molecule has 49 valence electrons. The van der Waals surface area contributed by atoms with E-state index in [1.165, 1.54) is 0 Å². The van der Waals surface area contributed by atoms with Crippen molar-refractivity contribution in [2.75, 3.05) is 6.61 Å². The Morgan fingerprint density at radius 2 is 2.67 bits per heavy atom. The molecule has 1 heterocycles. The van der Waals surface area contributed by atoms with Gasteiger partial charge in [0.25, 0.3) is 0 Å². The molecule has 1 atom stereocenters. The van der Waals surface area contributed by atoms with Crippen LogP contribution < -0.4 is 4.74 Å². The SMILES string of the molecule is CCCOc1[c][pH]cc1. The summed E-state index contributed by atoms with van der Waals surface area (Å²) in [6.07, 6.45) is 1.07. The molecule has 1 aromatic heterocycles. The van der Waals surface area contributed by atoms with Gasteiger partial charge < -0.3 is 4.74 Å². The van der Waals surface area contributed by atoms with Crippen LogP contribution >= 0.6 is 8.19 Å². The maximum absolute atomic E-state index is 5.28. The Morgan fingerprint density at radius 1 is 1.78 bits per heavy atom. The van der Waals surface area contributed by atoms with Crippen LogP contribution in [0, 0.1) is 5.80 Å². The van der Waals surface area contributed by atoms with Crippen molar-refractivity contribution < 1.29 is 4.74 Å². The van der Waals surface area contributed by atoms with Crippen LogP contribution in [0.5, 0.6) is 5.75 Å². The smallest absolute Gasteiger partial charge is 0.131 e. The van der Waals surface area contributed by atoms with Gasteiger partial charge in [-0.2, -0.15) is 0 Å². The van der Waals surface area contributed by atoms with Crippen LogP contribution in [0.25, 0.3) is 0 Å². The van der Waals surface area contributed by atoms with Crippen LogP contribution in [-0.2, 0) is 0 Å². The van der Waals surface area contributed by atoms with E-state index in [9.17, 15) is 0 Å². The molecule has 2 heteroatoms. The molecule has 1 rings (SSSR count). The second-order valence-electron chi connectivity index (χ2n) is 1.82. The molecule has 0 aliphatic rings. The zero-order valence-corrected chi connectivity index (χ0v) is 6.48. The quantitative estimate of drug-likeness (QED) is 0.627. The van der Waals surface area contributed by atoms with E-state index in [4.69, 9.17) is 4.74 Å². The van der Waals surface area contributed by atoms with E-state index in [0.717, 1.165) is 18.8 Å². The van der Waals surface area contributed by atoms with Crippen LogP contribution in [0.4, 0.5) is 0 Å². The molecule has 0 aliphatic heterocycles. The second-order valence-corrected chi connectivity index (χ2v) is 2.69. The second kappa shape index (κ2) is 3.58. The molecule has 0 saturated heterocycles. The average molecular weight is 141 g/mol. The third-order valence-electron chi connectivity index (χ3n) is 0.975. The Hall–Kier alpha value is -0.420. The van der Waals surface area contributed by atoms with E-state index < -0.39 is 0 Å². The molecule has 0 spiro atoms. The van der Waals surface area contributed by atoms with Gasteiger partial charge in [0.1, 0.15) is 5.75 Å². The van der Waals surface area contributed by atoms with E-state index in [-0.39, 0.29) is 0 Å². The van der Waals surface area contributed by atoms with Crippen molar-refractivity contribution in [2.24, 2.45) is 0 Å². The maximum atomic E-state index is 5.28. The fourth-order valence-electron chi connectivity index (χ4n) is 0.568. The third-order valence-corrected chi connectivity index (χ3v) is 1.70. The maximum Gasteiger partial charge on any atom is 0.131 e. The molecule has 1 unspecified atom stereocenters. The lowest BCUT2D eigenvalue weighted by atomic mass is 10.5. The number of hydrogen-bond donors (Lipinski definition) is 0. The summed E-state index contributed by atoms with van der Waals surface area (Å²) < 4.78 is 5.28. The lowest BCUT2D eigenvalue weighted by Crippen LogP contribution is -1.92. The molecule has 0 aliphatic carbocycles. The fraction of sp³-hybridized carbons (Fsp3) is 0.429. The van der Waals surface area contributed by atoms with Gasteiger partial charge in [0.15, 0.2) is 0 Å². The lowest BCUT2D eigenvalue weighted by Gasteiger charge is -1.97. The van der Waals surface area contributed by atoms with Crippen molar-refractivity contribution >= 4 is 8.19 Å². The van der Waals surface area contributed by atoms with Gasteiger partial charge in [-0.3, -0.25) is 0 Å². The van der Waals surface area contributed by atoms with Gasteiger partial charge in [-0.25, -0.2) is 0 Å². The highest BCUT2D eigenvalue weighted by Crippen LogP contribution is 2.17. The van der Waals surface area contributed by atoms with Gasteiger partial charge in [-0.15, -0.1) is 8.19 Å². The molecule has 9 heavy (non-hydrogen) atoms. The van der Waals surface area contributed by atoms with Gasteiger partial charge in [0.2, 0.25) is 0 Å². The van der Waals surface area contributed by atoms with E-state index in [1.54, 1.807) is 0 Å². The largest absolute Gasteiger partial charge is 0.493 e. The van der Waals surface area contributed by atoms with Gasteiger partial charge in [-0.1, -0.05) is 6.92 Å². The number of ether oxygens (including phenoxy) is 1. The zero-order valence-electron chi connectivity index (χ0n) is 5.48. The summed E-state index contributed by atoms with van der Waals surface area (Å²) in [6.45, 7) is 2.92. The predicted molar refractivity (Wildman–Crippen MR) is 40.6 cm³/mol. The first-order valence-electron chi connectivity index (χ1n) is 3.11. The molecule has 0 bridgehead atoms. The van der Waals surface area contributed by atoms with Gasteiger partial charge in [0, 0.05) is 5.80 Å². The summed E-state index contributed by atoms with van der Waals surface area (Å²) in [5.74, 6) is 6.10. The standard InChI is InChI=1S/C7H10OP/c1-2-4-8-7-3-5-9-6-7/h3,5,9H,2,4H2,1H3. The molecule has 1 radical (unpaired) electrons. The van der Waals surface area contributed by atoms with E-state index >= 15 is 0 Å². The number of hydrogen-bond acceptors (Lipinski definition) is 1. The first-order chi connectivity index (χ1) is 4.43. The molecule has 1 aromatic rings. The Kier molecular flexibility index (Phi) is 2.66. The summed E-state index contributed by atoms with van der Waals surface area (Å²) in [4.78, 5) is 0. The minimum atomic E-state index is 0.708. The molecule has 0 N–H and O–H groups in total. The first kappa shape index (κ1) is 6.70. The third kappa shape index (κ3) is 2.11. The highest BCUT2D eigenvalue weighted by atomic mass is 31.0. The van der Waals surface area contributed by atoms with Crippen LogP contribution in [-0.4, -0.2) is 6.61 Å². The van der Waals surface area contributed by atoms with Gasteiger partial charge >= 0.3 is 0 Å². The minimum absolute atomic E-state index is 0.708. The van der Waals surface area contributed by atoms with Crippen molar-refractivity contribution in [3.8, 4) is 5.75 Å². The topological polar surface area (TPSA) is 9.23 Å². The molecular formula is C7H10OP. The van der Waals surface area contributed by atoms with Crippen LogP contribution in [0.1, 0.15) is 13.3 Å². The van der Waals surface area contributed by atoms with Crippen molar-refractivity contribution in [1.29, 1.82) is 0 Å². The number of rotatable bonds is 3. The zero-order chi connectivity index (χ0) is 6.53. The van der Waals surface area contributed by atoms with Crippen molar-refractivity contribution in [2.45, 2.75) is 13.3 Å². The first-order valence-corrected chi connectivity index (χ1v) is 4.19. The normalized spacial score (nSPS) is 10.3. The summed E-state index contributed by atoms with van der Waals surface area (Å²) >= 11 is 0. The Balaban J connectivity index is 2.30. The Bertz CT molecular complexity index is 146. The van der Waals surface area contributed by atoms with Crippen LogP contribution in [0.15, 0.2) is 11.9 Å². The lowest BCUT2D eigenvalue weighted by molar-refractivity contribution is 0.318. The molecule has 0 fully saturated rings. The summed E-state index contributed by atoms with van der Waals surface area (Å²) in [5, 5.41) is 0. The molecule has 0 aromatic carbocycles.